The Balaban J connectivity index is 4.92. The van der Waals surface area contributed by atoms with E-state index >= 15 is 0 Å². The van der Waals surface area contributed by atoms with E-state index in [0.717, 1.165) is 77.8 Å². The molecule has 0 radical (unpaired) electrons. The van der Waals surface area contributed by atoms with Gasteiger partial charge in [-0.25, -0.2) is 0 Å². The molecule has 0 aliphatic carbocycles. The van der Waals surface area contributed by atoms with Crippen LogP contribution in [0.5, 0.6) is 0 Å². The average molecular weight is 741 g/mol. The van der Waals surface area contributed by atoms with E-state index in [2.05, 4.69) is 82.3 Å². The van der Waals surface area contributed by atoms with Crippen molar-refractivity contribution in [2.75, 3.05) is 99.9 Å². The van der Waals surface area contributed by atoms with Crippen molar-refractivity contribution in [2.24, 2.45) is 17.8 Å². The summed E-state index contributed by atoms with van der Waals surface area (Å²) >= 11 is 0. The highest BCUT2D eigenvalue weighted by Gasteiger charge is 2.16. The molecule has 308 valence electrons. The maximum absolute atomic E-state index is 12.5. The van der Waals surface area contributed by atoms with Crippen molar-refractivity contribution in [3.63, 3.8) is 0 Å². The lowest BCUT2D eigenvalue weighted by Gasteiger charge is -2.29. The summed E-state index contributed by atoms with van der Waals surface area (Å²) in [6.07, 6.45) is 14.7. The van der Waals surface area contributed by atoms with Gasteiger partial charge >= 0.3 is 17.9 Å². The van der Waals surface area contributed by atoms with Crippen LogP contribution in [0.2, 0.25) is 0 Å². The van der Waals surface area contributed by atoms with E-state index in [9.17, 15) is 14.4 Å². The van der Waals surface area contributed by atoms with Crippen LogP contribution in [0.3, 0.4) is 0 Å². The van der Waals surface area contributed by atoms with E-state index in [0.29, 0.717) is 76.5 Å². The van der Waals surface area contributed by atoms with E-state index in [1.54, 1.807) is 0 Å². The van der Waals surface area contributed by atoms with Crippen LogP contribution in [0.25, 0.3) is 0 Å². The summed E-state index contributed by atoms with van der Waals surface area (Å²) in [4.78, 5) is 46.5. The second-order valence-corrected chi connectivity index (χ2v) is 15.3. The molecule has 0 saturated heterocycles. The molecule has 0 aliphatic heterocycles. The Labute approximate surface area is 321 Å². The first kappa shape index (κ1) is 50.2. The number of hydrogen-bond acceptors (Lipinski definition) is 10. The summed E-state index contributed by atoms with van der Waals surface area (Å²) in [7, 11) is 6.19. The summed E-state index contributed by atoms with van der Waals surface area (Å²) < 4.78 is 16.9. The van der Waals surface area contributed by atoms with Gasteiger partial charge in [0, 0.05) is 58.9 Å². The predicted molar refractivity (Wildman–Crippen MR) is 216 cm³/mol. The molecule has 0 rings (SSSR count). The van der Waals surface area contributed by atoms with Gasteiger partial charge in [0.15, 0.2) is 0 Å². The first-order chi connectivity index (χ1) is 25.0. The molecule has 0 aromatic rings. The summed E-state index contributed by atoms with van der Waals surface area (Å²) in [5.74, 6) is 1.02. The van der Waals surface area contributed by atoms with Crippen molar-refractivity contribution >= 4 is 17.9 Å². The first-order valence-corrected chi connectivity index (χ1v) is 21.3. The fourth-order valence-electron chi connectivity index (χ4n) is 6.00. The molecule has 0 heterocycles. The third kappa shape index (κ3) is 28.7. The number of esters is 3. The minimum Gasteiger partial charge on any atom is -0.465 e. The Morgan fingerprint density at radius 2 is 0.692 bits per heavy atom. The first-order valence-electron chi connectivity index (χ1n) is 21.3. The second-order valence-electron chi connectivity index (χ2n) is 15.3. The van der Waals surface area contributed by atoms with Crippen LogP contribution in [0.4, 0.5) is 0 Å². The third-order valence-electron chi connectivity index (χ3n) is 10.6. The Hall–Kier alpha value is -1.75. The zero-order chi connectivity index (χ0) is 39.0. The van der Waals surface area contributed by atoms with Gasteiger partial charge in [-0.1, -0.05) is 99.3 Å². The molecule has 3 unspecified atom stereocenters. The molecule has 52 heavy (non-hydrogen) atoms. The normalized spacial score (nSPS) is 13.6. The van der Waals surface area contributed by atoms with E-state index in [4.69, 9.17) is 14.2 Å². The van der Waals surface area contributed by atoms with Crippen molar-refractivity contribution in [3.05, 3.63) is 0 Å². The summed E-state index contributed by atoms with van der Waals surface area (Å²) in [6, 6.07) is 0. The molecule has 0 N–H and O–H groups in total. The van der Waals surface area contributed by atoms with Gasteiger partial charge in [0.1, 0.15) is 0 Å². The number of ether oxygens (including phenoxy) is 3. The highest BCUT2D eigenvalue weighted by molar-refractivity contribution is 5.70. The molecule has 0 aromatic heterocycles. The number of hydrogen-bond donors (Lipinski definition) is 0. The smallest absolute Gasteiger partial charge is 0.307 e. The average Bonchev–Trinajstić information content (AvgIpc) is 3.15. The Kier molecular flexibility index (Phi) is 32.7. The minimum absolute atomic E-state index is 0.115. The Morgan fingerprint density at radius 1 is 0.423 bits per heavy atom. The molecule has 0 saturated carbocycles. The maximum atomic E-state index is 12.5. The largest absolute Gasteiger partial charge is 0.465 e. The summed E-state index contributed by atoms with van der Waals surface area (Å²) in [5.41, 5.74) is 0. The molecule has 0 fully saturated rings. The van der Waals surface area contributed by atoms with Crippen LogP contribution in [0.1, 0.15) is 138 Å². The van der Waals surface area contributed by atoms with Crippen LogP contribution < -0.4 is 0 Å². The van der Waals surface area contributed by atoms with Crippen LogP contribution in [-0.4, -0.2) is 137 Å². The number of carbonyl (C=O) groups is 3. The molecule has 0 bridgehead atoms. The Morgan fingerprint density at radius 3 is 0.923 bits per heavy atom. The van der Waals surface area contributed by atoms with Gasteiger partial charge < -0.3 is 28.9 Å². The van der Waals surface area contributed by atoms with E-state index in [-0.39, 0.29) is 17.9 Å². The zero-order valence-electron chi connectivity index (χ0n) is 35.6. The van der Waals surface area contributed by atoms with Crippen LogP contribution in [0.15, 0.2) is 0 Å². The standard InChI is InChI=1S/C42H84N4O6/c1-10-16-19-37(13-4)34-50-40(47)22-25-43(7)28-31-46(32-29-44(8)26-23-41(48)51-35-38(14-5)20-17-11-2)33-30-45(9)27-24-42(49)52-36-39(15-6)21-18-12-3/h37-39H,10-36H2,1-9H3. The van der Waals surface area contributed by atoms with Crippen molar-refractivity contribution in [1.82, 2.24) is 19.6 Å². The van der Waals surface area contributed by atoms with E-state index in [1.807, 2.05) is 0 Å². The van der Waals surface area contributed by atoms with Crippen LogP contribution >= 0.6 is 0 Å². The quantitative estimate of drug-likeness (QED) is 0.0474. The molecular weight excluding hydrogens is 656 g/mol. The highest BCUT2D eigenvalue weighted by atomic mass is 16.5. The van der Waals surface area contributed by atoms with Crippen molar-refractivity contribution in [2.45, 2.75) is 138 Å². The van der Waals surface area contributed by atoms with Gasteiger partial charge in [-0.2, -0.15) is 0 Å². The number of carbonyl (C=O) groups excluding carboxylic acids is 3. The molecule has 0 amide bonds. The van der Waals surface area contributed by atoms with Gasteiger partial charge in [-0.3, -0.25) is 19.3 Å². The maximum Gasteiger partial charge on any atom is 0.307 e. The van der Waals surface area contributed by atoms with Gasteiger partial charge in [-0.05, 0) is 58.2 Å². The van der Waals surface area contributed by atoms with Gasteiger partial charge in [-0.15, -0.1) is 0 Å². The molecule has 3 atom stereocenters. The number of unbranched alkanes of at least 4 members (excludes halogenated alkanes) is 3. The van der Waals surface area contributed by atoms with Gasteiger partial charge in [0.05, 0.1) is 39.1 Å². The molecule has 10 heteroatoms. The van der Waals surface area contributed by atoms with Crippen molar-refractivity contribution in [1.29, 1.82) is 0 Å². The van der Waals surface area contributed by atoms with E-state index in [1.165, 1.54) is 38.5 Å². The fraction of sp³-hybridized carbons (Fsp3) is 0.929. The second kappa shape index (κ2) is 33.8. The monoisotopic (exact) mass is 741 g/mol. The molecule has 0 aliphatic rings. The highest BCUT2D eigenvalue weighted by Crippen LogP contribution is 2.15. The fourth-order valence-corrected chi connectivity index (χ4v) is 6.00. The van der Waals surface area contributed by atoms with Crippen LogP contribution in [-0.2, 0) is 28.6 Å². The molecule has 10 nitrogen and oxygen atoms in total. The molecule has 0 aromatic carbocycles. The predicted octanol–water partition coefficient (Wildman–Crippen LogP) is 7.53. The van der Waals surface area contributed by atoms with Gasteiger partial charge in [0.2, 0.25) is 0 Å². The Bertz CT molecular complexity index is 768. The van der Waals surface area contributed by atoms with Crippen molar-refractivity contribution in [3.8, 4) is 0 Å². The molecule has 0 spiro atoms. The number of nitrogens with zero attached hydrogens (tertiary/aromatic N) is 4. The summed E-state index contributed by atoms with van der Waals surface area (Å²) in [5, 5.41) is 0. The zero-order valence-corrected chi connectivity index (χ0v) is 35.6. The number of rotatable bonds is 36. The van der Waals surface area contributed by atoms with Gasteiger partial charge in [0.25, 0.3) is 0 Å². The summed E-state index contributed by atoms with van der Waals surface area (Å²) in [6.45, 7) is 21.7. The lowest BCUT2D eigenvalue weighted by molar-refractivity contribution is -0.146. The lowest BCUT2D eigenvalue weighted by Crippen LogP contribution is -2.42. The third-order valence-corrected chi connectivity index (χ3v) is 10.6. The SMILES string of the molecule is CCCCC(CC)COC(=O)CCN(C)CCN(CCN(C)CCC(=O)OCC(CC)CCCC)CCN(C)CCC(=O)OCC(CC)CCCC. The van der Waals surface area contributed by atoms with E-state index < -0.39 is 0 Å². The lowest BCUT2D eigenvalue weighted by atomic mass is 10.0. The number of likely N-dealkylation sites (N-methyl/N-ethyl adjacent to an activating group) is 3. The van der Waals surface area contributed by atoms with Crippen LogP contribution in [0, 0.1) is 17.8 Å². The topological polar surface area (TPSA) is 91.9 Å². The molecular formula is C42H84N4O6. The minimum atomic E-state index is -0.115. The van der Waals surface area contributed by atoms with Crippen molar-refractivity contribution < 1.29 is 28.6 Å².